The van der Waals surface area contributed by atoms with Gasteiger partial charge in [-0.1, -0.05) is 12.1 Å². The Morgan fingerprint density at radius 2 is 2.00 bits per heavy atom. The van der Waals surface area contributed by atoms with E-state index in [2.05, 4.69) is 59.1 Å². The first-order chi connectivity index (χ1) is 7.24. The Labute approximate surface area is 106 Å². The van der Waals surface area contributed by atoms with Gasteiger partial charge in [0.1, 0.15) is 0 Å². The molecule has 84 valence electrons. The van der Waals surface area contributed by atoms with Gasteiger partial charge in [0.2, 0.25) is 0 Å². The summed E-state index contributed by atoms with van der Waals surface area (Å²) in [5, 5.41) is 3.43. The summed E-state index contributed by atoms with van der Waals surface area (Å²) in [6, 6.07) is 9.00. The molecule has 0 aromatic heterocycles. The third kappa shape index (κ3) is 4.95. The van der Waals surface area contributed by atoms with Gasteiger partial charge < -0.3 is 10.1 Å². The molecule has 0 saturated heterocycles. The Bertz CT molecular complexity index is 273. The van der Waals surface area contributed by atoms with Crippen molar-refractivity contribution in [3.8, 4) is 0 Å². The maximum atomic E-state index is 5.28. The molecule has 3 heteroatoms. The van der Waals surface area contributed by atoms with E-state index in [-0.39, 0.29) is 0 Å². The quantitative estimate of drug-likeness (QED) is 0.643. The van der Waals surface area contributed by atoms with Crippen molar-refractivity contribution in [2.24, 2.45) is 0 Å². The van der Waals surface area contributed by atoms with Crippen LogP contribution in [0.3, 0.4) is 0 Å². The van der Waals surface area contributed by atoms with Crippen LogP contribution in [0.4, 0.5) is 0 Å². The van der Waals surface area contributed by atoms with Crippen molar-refractivity contribution in [3.05, 3.63) is 33.4 Å². The molecule has 0 fully saturated rings. The lowest BCUT2D eigenvalue weighted by atomic mass is 10.1. The first kappa shape index (κ1) is 12.9. The average Bonchev–Trinajstić information content (AvgIpc) is 2.25. The van der Waals surface area contributed by atoms with Crippen LogP contribution >= 0.6 is 22.6 Å². The molecule has 0 aliphatic rings. The zero-order valence-corrected chi connectivity index (χ0v) is 11.5. The lowest BCUT2D eigenvalue weighted by molar-refractivity contribution is 0.147. The standard InChI is InChI=1S/C12H18INO/c1-3-15-9-8-14-10(2)11-4-6-12(13)7-5-11/h4-7,10,14H,3,8-9H2,1-2H3. The molecular weight excluding hydrogens is 301 g/mol. The SMILES string of the molecule is CCOCCNC(C)c1ccc(I)cc1. The molecule has 1 aromatic rings. The van der Waals surface area contributed by atoms with Crippen molar-refractivity contribution in [1.82, 2.24) is 5.32 Å². The van der Waals surface area contributed by atoms with Crippen LogP contribution in [0.5, 0.6) is 0 Å². The summed E-state index contributed by atoms with van der Waals surface area (Å²) in [5.41, 5.74) is 1.33. The van der Waals surface area contributed by atoms with Crippen LogP contribution in [0.25, 0.3) is 0 Å². The summed E-state index contributed by atoms with van der Waals surface area (Å²) >= 11 is 2.32. The second-order valence-electron chi connectivity index (χ2n) is 3.42. The van der Waals surface area contributed by atoms with Crippen molar-refractivity contribution < 1.29 is 4.74 Å². The molecule has 1 aromatic carbocycles. The highest BCUT2D eigenvalue weighted by Crippen LogP contribution is 2.13. The molecule has 1 rings (SSSR count). The summed E-state index contributed by atoms with van der Waals surface area (Å²) in [4.78, 5) is 0. The highest BCUT2D eigenvalue weighted by atomic mass is 127. The first-order valence-corrected chi connectivity index (χ1v) is 6.38. The van der Waals surface area contributed by atoms with Crippen LogP contribution < -0.4 is 5.32 Å². The molecule has 0 aliphatic heterocycles. The van der Waals surface area contributed by atoms with Crippen molar-refractivity contribution in [2.75, 3.05) is 19.8 Å². The van der Waals surface area contributed by atoms with E-state index in [1.54, 1.807) is 0 Å². The van der Waals surface area contributed by atoms with Gasteiger partial charge in [-0.15, -0.1) is 0 Å². The number of rotatable bonds is 6. The molecule has 1 unspecified atom stereocenters. The van der Waals surface area contributed by atoms with Crippen LogP contribution in [-0.2, 0) is 4.74 Å². The Kier molecular flexibility index (Phi) is 6.20. The molecule has 1 N–H and O–H groups in total. The summed E-state index contributed by atoms with van der Waals surface area (Å²) in [6.45, 7) is 6.67. The lowest BCUT2D eigenvalue weighted by Gasteiger charge is -2.14. The number of ether oxygens (including phenoxy) is 1. The van der Waals surface area contributed by atoms with Crippen molar-refractivity contribution in [2.45, 2.75) is 19.9 Å². The van der Waals surface area contributed by atoms with E-state index in [4.69, 9.17) is 4.74 Å². The number of halogens is 1. The van der Waals surface area contributed by atoms with E-state index in [0.29, 0.717) is 6.04 Å². The van der Waals surface area contributed by atoms with Gasteiger partial charge in [-0.25, -0.2) is 0 Å². The highest BCUT2D eigenvalue weighted by Gasteiger charge is 2.03. The Morgan fingerprint density at radius 1 is 1.33 bits per heavy atom. The van der Waals surface area contributed by atoms with Gasteiger partial charge in [0.25, 0.3) is 0 Å². The fourth-order valence-electron chi connectivity index (χ4n) is 1.36. The third-order valence-electron chi connectivity index (χ3n) is 2.27. The van der Waals surface area contributed by atoms with Crippen LogP contribution in [0.2, 0.25) is 0 Å². The van der Waals surface area contributed by atoms with E-state index in [0.717, 1.165) is 19.8 Å². The maximum Gasteiger partial charge on any atom is 0.0590 e. The molecule has 0 radical (unpaired) electrons. The van der Waals surface area contributed by atoms with Gasteiger partial charge in [0.15, 0.2) is 0 Å². The van der Waals surface area contributed by atoms with E-state index < -0.39 is 0 Å². The minimum atomic E-state index is 0.391. The minimum absolute atomic E-state index is 0.391. The third-order valence-corrected chi connectivity index (χ3v) is 2.99. The molecule has 1 atom stereocenters. The average molecular weight is 319 g/mol. The van der Waals surface area contributed by atoms with Gasteiger partial charge in [-0.05, 0) is 54.1 Å². The summed E-state index contributed by atoms with van der Waals surface area (Å²) in [5.74, 6) is 0. The van der Waals surface area contributed by atoms with Crippen molar-refractivity contribution in [3.63, 3.8) is 0 Å². The van der Waals surface area contributed by atoms with E-state index >= 15 is 0 Å². The summed E-state index contributed by atoms with van der Waals surface area (Å²) in [6.07, 6.45) is 0. The monoisotopic (exact) mass is 319 g/mol. The molecule has 15 heavy (non-hydrogen) atoms. The predicted molar refractivity (Wildman–Crippen MR) is 72.1 cm³/mol. The molecule has 0 bridgehead atoms. The van der Waals surface area contributed by atoms with Gasteiger partial charge in [0, 0.05) is 22.8 Å². The fourth-order valence-corrected chi connectivity index (χ4v) is 1.72. The number of hydrogen-bond acceptors (Lipinski definition) is 2. The van der Waals surface area contributed by atoms with Crippen LogP contribution in [-0.4, -0.2) is 19.8 Å². The Morgan fingerprint density at radius 3 is 2.60 bits per heavy atom. The van der Waals surface area contributed by atoms with Gasteiger partial charge in [0.05, 0.1) is 6.61 Å². The number of benzene rings is 1. The van der Waals surface area contributed by atoms with Gasteiger partial charge >= 0.3 is 0 Å². The van der Waals surface area contributed by atoms with Crippen LogP contribution in [0.15, 0.2) is 24.3 Å². The van der Waals surface area contributed by atoms with Gasteiger partial charge in [-0.2, -0.15) is 0 Å². The largest absolute Gasteiger partial charge is 0.380 e. The molecule has 0 spiro atoms. The fraction of sp³-hybridized carbons (Fsp3) is 0.500. The van der Waals surface area contributed by atoms with E-state index in [1.807, 2.05) is 6.92 Å². The van der Waals surface area contributed by atoms with E-state index in [9.17, 15) is 0 Å². The maximum absolute atomic E-state index is 5.28. The normalized spacial score (nSPS) is 12.7. The second-order valence-corrected chi connectivity index (χ2v) is 4.67. The second kappa shape index (κ2) is 7.19. The lowest BCUT2D eigenvalue weighted by Crippen LogP contribution is -2.23. The molecule has 0 saturated carbocycles. The highest BCUT2D eigenvalue weighted by molar-refractivity contribution is 14.1. The summed E-state index contributed by atoms with van der Waals surface area (Å²) < 4.78 is 6.55. The van der Waals surface area contributed by atoms with Gasteiger partial charge in [-0.3, -0.25) is 0 Å². The molecule has 0 heterocycles. The molecule has 0 amide bonds. The zero-order valence-electron chi connectivity index (χ0n) is 9.29. The van der Waals surface area contributed by atoms with Crippen LogP contribution in [0.1, 0.15) is 25.5 Å². The Balaban J connectivity index is 2.33. The minimum Gasteiger partial charge on any atom is -0.380 e. The van der Waals surface area contributed by atoms with E-state index in [1.165, 1.54) is 9.13 Å². The molecule has 0 aliphatic carbocycles. The summed E-state index contributed by atoms with van der Waals surface area (Å²) in [7, 11) is 0. The predicted octanol–water partition coefficient (Wildman–Crippen LogP) is 2.98. The molecular formula is C12H18INO. The zero-order chi connectivity index (χ0) is 11.1. The topological polar surface area (TPSA) is 21.3 Å². The Hall–Kier alpha value is -0.130. The van der Waals surface area contributed by atoms with Crippen molar-refractivity contribution >= 4 is 22.6 Å². The smallest absolute Gasteiger partial charge is 0.0590 e. The van der Waals surface area contributed by atoms with Crippen LogP contribution in [0, 0.1) is 3.57 Å². The number of nitrogens with one attached hydrogen (secondary N) is 1. The first-order valence-electron chi connectivity index (χ1n) is 5.30. The van der Waals surface area contributed by atoms with Crippen molar-refractivity contribution in [1.29, 1.82) is 0 Å². The number of hydrogen-bond donors (Lipinski definition) is 1. The molecule has 2 nitrogen and oxygen atoms in total.